The van der Waals surface area contributed by atoms with Crippen molar-refractivity contribution in [3.63, 3.8) is 0 Å². The largest absolute Gasteiger partial charge is 0.350 e. The van der Waals surface area contributed by atoms with E-state index < -0.39 is 14.8 Å². The first-order valence-corrected chi connectivity index (χ1v) is 13.7. The zero-order chi connectivity index (χ0) is 26.1. The summed E-state index contributed by atoms with van der Waals surface area (Å²) in [6.45, 7) is 2.12. The summed E-state index contributed by atoms with van der Waals surface area (Å²) in [4.78, 5) is 14.6. The van der Waals surface area contributed by atoms with Crippen LogP contribution in [0.15, 0.2) is 66.9 Å². The molecule has 1 aromatic heterocycles. The molecule has 1 N–H and O–H groups in total. The summed E-state index contributed by atoms with van der Waals surface area (Å²) in [6, 6.07) is 10.4. The first-order valence-electron chi connectivity index (χ1n) is 11.5. The number of fused-ring (bicyclic) bond motifs is 1. The molecule has 1 amide bonds. The maximum Gasteiger partial charge on any atom is 0.263 e. The number of hydrogen-bond donors (Lipinski definition) is 1. The number of nitrogens with one attached hydrogen (secondary N) is 1. The van der Waals surface area contributed by atoms with Crippen molar-refractivity contribution in [1.29, 1.82) is 0 Å². The van der Waals surface area contributed by atoms with E-state index in [4.69, 9.17) is 23.2 Å². The van der Waals surface area contributed by atoms with Crippen LogP contribution < -0.4 is 5.32 Å². The Kier molecular flexibility index (Phi) is 7.61. The maximum absolute atomic E-state index is 13.4. The minimum atomic E-state index is -3.75. The number of rotatable bonds is 8. The molecule has 10 heteroatoms. The van der Waals surface area contributed by atoms with Gasteiger partial charge in [-0.2, -0.15) is 9.19 Å². The van der Waals surface area contributed by atoms with E-state index in [1.165, 1.54) is 0 Å². The number of allylic oxidation sites excluding steroid dienone is 3. The second-order valence-electron chi connectivity index (χ2n) is 9.35. The van der Waals surface area contributed by atoms with Crippen LogP contribution in [0.2, 0.25) is 10.0 Å². The van der Waals surface area contributed by atoms with Crippen LogP contribution in [0.3, 0.4) is 0 Å². The molecule has 0 fully saturated rings. The van der Waals surface area contributed by atoms with Crippen molar-refractivity contribution in [3.8, 4) is 0 Å². The number of aromatic nitrogens is 2. The van der Waals surface area contributed by atoms with Crippen LogP contribution in [0.1, 0.15) is 29.3 Å². The summed E-state index contributed by atoms with van der Waals surface area (Å²) in [6.07, 6.45) is 9.78. The summed E-state index contributed by atoms with van der Waals surface area (Å²) in [5.41, 5.74) is 1.99. The zero-order valence-electron chi connectivity index (χ0n) is 20.3. The molecule has 1 unspecified atom stereocenters. The van der Waals surface area contributed by atoms with Crippen molar-refractivity contribution >= 4 is 50.0 Å². The normalized spacial score (nSPS) is 18.6. The van der Waals surface area contributed by atoms with Crippen LogP contribution >= 0.6 is 23.2 Å². The van der Waals surface area contributed by atoms with E-state index in [0.717, 1.165) is 15.0 Å². The number of nitrogens with zero attached hydrogens (tertiary/aromatic N) is 3. The lowest BCUT2D eigenvalue weighted by Gasteiger charge is -2.26. The molecule has 1 aliphatic carbocycles. The number of likely N-dealkylation sites (N-methyl/N-ethyl adjacent to an activating group) is 1. The van der Waals surface area contributed by atoms with Gasteiger partial charge in [0.15, 0.2) is 0 Å². The van der Waals surface area contributed by atoms with Gasteiger partial charge >= 0.3 is 0 Å². The molecule has 3 aromatic rings. The van der Waals surface area contributed by atoms with E-state index >= 15 is 0 Å². The smallest absolute Gasteiger partial charge is 0.263 e. The monoisotopic (exact) mass is 546 g/mol. The molecular weight excluding hydrogens is 519 g/mol. The number of amides is 1. The van der Waals surface area contributed by atoms with Gasteiger partial charge in [-0.1, -0.05) is 53.6 Å². The fourth-order valence-electron chi connectivity index (χ4n) is 4.13. The lowest BCUT2D eigenvalue weighted by Crippen LogP contribution is -2.41. The predicted octanol–water partition coefficient (Wildman–Crippen LogP) is 4.70. The molecule has 0 spiro atoms. The van der Waals surface area contributed by atoms with Crippen LogP contribution in [-0.4, -0.2) is 59.8 Å². The molecule has 0 aliphatic heterocycles. The fourth-order valence-corrected chi connectivity index (χ4v) is 5.98. The minimum Gasteiger partial charge on any atom is -0.350 e. The summed E-state index contributed by atoms with van der Waals surface area (Å²) in [5, 5.41) is 8.66. The molecule has 1 aliphatic rings. The molecule has 0 bridgehead atoms. The second kappa shape index (κ2) is 10.4. The molecule has 190 valence electrons. The van der Waals surface area contributed by atoms with E-state index in [2.05, 4.69) is 10.4 Å². The van der Waals surface area contributed by atoms with Crippen molar-refractivity contribution in [2.24, 2.45) is 0 Å². The Bertz CT molecular complexity index is 1460. The van der Waals surface area contributed by atoms with Crippen molar-refractivity contribution < 1.29 is 13.2 Å². The predicted molar refractivity (Wildman–Crippen MR) is 145 cm³/mol. The van der Waals surface area contributed by atoms with Crippen LogP contribution in [-0.2, 0) is 16.4 Å². The van der Waals surface area contributed by atoms with E-state index in [-0.39, 0.29) is 11.9 Å². The number of carbonyl (C=O) groups is 1. The number of benzene rings is 2. The van der Waals surface area contributed by atoms with Gasteiger partial charge in [-0.05, 0) is 69.8 Å². The SMILES string of the molecule is CN(C)[C@H](CNC(=O)c1ccc(Cl)c(Cl)c1)Cc1ccc2c(cnn2S(=O)(=O)C2(C)C=CC=CC2)c1. The van der Waals surface area contributed by atoms with Crippen molar-refractivity contribution in [2.75, 3.05) is 20.6 Å². The Labute approximate surface area is 221 Å². The Balaban J connectivity index is 1.50. The van der Waals surface area contributed by atoms with Gasteiger partial charge in [0.25, 0.3) is 15.9 Å². The van der Waals surface area contributed by atoms with Crippen LogP contribution in [0.5, 0.6) is 0 Å². The summed E-state index contributed by atoms with van der Waals surface area (Å²) >= 11 is 12.0. The highest BCUT2D eigenvalue weighted by molar-refractivity contribution is 7.91. The van der Waals surface area contributed by atoms with Gasteiger partial charge in [-0.3, -0.25) is 4.79 Å². The van der Waals surface area contributed by atoms with Crippen LogP contribution in [0, 0.1) is 0 Å². The third-order valence-corrected chi connectivity index (χ3v) is 9.48. The van der Waals surface area contributed by atoms with Gasteiger partial charge in [-0.25, -0.2) is 8.42 Å². The third kappa shape index (κ3) is 5.22. The summed E-state index contributed by atoms with van der Waals surface area (Å²) < 4.78 is 26.9. The quantitative estimate of drug-likeness (QED) is 0.442. The summed E-state index contributed by atoms with van der Waals surface area (Å²) in [7, 11) is 0.150. The standard InChI is InChI=1S/C26H28Cl2N4O3S/c1-26(11-5-4-6-12-26)36(34,35)32-24-10-7-18(13-20(24)16-30-32)14-21(31(2)3)17-29-25(33)19-8-9-22(27)23(28)15-19/h4-11,13,15-16,21H,12,14,17H2,1-3H3,(H,29,33)/t21-,26?/m0/s1. The van der Waals surface area contributed by atoms with E-state index in [1.54, 1.807) is 49.5 Å². The van der Waals surface area contributed by atoms with Crippen molar-refractivity contribution in [2.45, 2.75) is 30.6 Å². The Morgan fingerprint density at radius 2 is 1.94 bits per heavy atom. The lowest BCUT2D eigenvalue weighted by molar-refractivity contribution is 0.0941. The molecular formula is C26H28Cl2N4O3S. The zero-order valence-corrected chi connectivity index (χ0v) is 22.6. The minimum absolute atomic E-state index is 0.00558. The molecule has 0 saturated heterocycles. The molecule has 0 radical (unpaired) electrons. The molecule has 2 aromatic carbocycles. The van der Waals surface area contributed by atoms with Gasteiger partial charge in [0.05, 0.1) is 21.8 Å². The Morgan fingerprint density at radius 3 is 2.61 bits per heavy atom. The highest BCUT2D eigenvalue weighted by Crippen LogP contribution is 2.31. The van der Waals surface area contributed by atoms with Gasteiger partial charge in [0, 0.05) is 23.5 Å². The van der Waals surface area contributed by atoms with Crippen LogP contribution in [0.4, 0.5) is 0 Å². The number of hydrogen-bond acceptors (Lipinski definition) is 5. The van der Waals surface area contributed by atoms with Gasteiger partial charge in [0.1, 0.15) is 4.75 Å². The molecule has 1 heterocycles. The van der Waals surface area contributed by atoms with E-state index in [1.807, 2.05) is 43.3 Å². The van der Waals surface area contributed by atoms with E-state index in [9.17, 15) is 13.2 Å². The highest BCUT2D eigenvalue weighted by atomic mass is 35.5. The first-order chi connectivity index (χ1) is 17.0. The Morgan fingerprint density at radius 1 is 1.17 bits per heavy atom. The average molecular weight is 548 g/mol. The van der Waals surface area contributed by atoms with Crippen LogP contribution in [0.25, 0.3) is 10.9 Å². The Hall–Kier alpha value is -2.65. The maximum atomic E-state index is 13.4. The van der Waals surface area contributed by atoms with Crippen molar-refractivity contribution in [1.82, 2.24) is 19.4 Å². The third-order valence-electron chi connectivity index (χ3n) is 6.52. The van der Waals surface area contributed by atoms with Gasteiger partial charge in [-0.15, -0.1) is 0 Å². The van der Waals surface area contributed by atoms with Gasteiger partial charge < -0.3 is 10.2 Å². The average Bonchev–Trinajstić information content (AvgIpc) is 3.27. The number of carbonyl (C=O) groups excluding carboxylic acids is 1. The topological polar surface area (TPSA) is 84.3 Å². The van der Waals surface area contributed by atoms with Crippen molar-refractivity contribution in [3.05, 3.63) is 88.1 Å². The lowest BCUT2D eigenvalue weighted by atomic mass is 10.0. The molecule has 2 atom stereocenters. The van der Waals surface area contributed by atoms with E-state index in [0.29, 0.717) is 40.5 Å². The van der Waals surface area contributed by atoms with Gasteiger partial charge in [0.2, 0.25) is 0 Å². The summed E-state index contributed by atoms with van der Waals surface area (Å²) in [5.74, 6) is -0.234. The molecule has 4 rings (SSSR count). The first kappa shape index (κ1) is 26.4. The second-order valence-corrected chi connectivity index (χ2v) is 12.4. The molecule has 36 heavy (non-hydrogen) atoms. The highest BCUT2D eigenvalue weighted by Gasteiger charge is 2.39. The number of halogens is 2. The molecule has 7 nitrogen and oxygen atoms in total. The molecule has 0 saturated carbocycles. The fraction of sp³-hybridized carbons (Fsp3) is 0.308.